The van der Waals surface area contributed by atoms with Crippen molar-refractivity contribution in [3.63, 3.8) is 0 Å². The van der Waals surface area contributed by atoms with Gasteiger partial charge in [0.15, 0.2) is 15.6 Å². The number of allylic oxidation sites excluding steroid dienone is 1. The molecule has 0 spiro atoms. The summed E-state index contributed by atoms with van der Waals surface area (Å²) in [5, 5.41) is 0. The number of carbonyl (C=O) groups is 1. The van der Waals surface area contributed by atoms with Crippen molar-refractivity contribution in [3.8, 4) is 0 Å². The molecule has 0 bridgehead atoms. The van der Waals surface area contributed by atoms with Crippen molar-refractivity contribution in [1.29, 1.82) is 0 Å². The molecule has 3 rings (SSSR count). The topological polar surface area (TPSA) is 51.2 Å². The van der Waals surface area contributed by atoms with Crippen LogP contribution in [0.2, 0.25) is 0 Å². The molecular formula is C23H20O3S. The quantitative estimate of drug-likeness (QED) is 0.364. The van der Waals surface area contributed by atoms with E-state index in [9.17, 15) is 13.2 Å². The summed E-state index contributed by atoms with van der Waals surface area (Å²) in [4.78, 5) is 13.4. The van der Waals surface area contributed by atoms with Crippen molar-refractivity contribution in [2.75, 3.05) is 6.26 Å². The van der Waals surface area contributed by atoms with E-state index in [4.69, 9.17) is 0 Å². The maximum atomic E-state index is 13.2. The standard InChI is InChI=1S/C23H20O3S/c1-17-8-10-18(11-9-17)16-22(19-6-4-3-5-7-19)23(24)20-12-14-21(15-13-20)27(2,25)26/h3-16H,1-2H3/b22-16-. The highest BCUT2D eigenvalue weighted by atomic mass is 32.2. The van der Waals surface area contributed by atoms with Crippen LogP contribution in [0, 0.1) is 6.92 Å². The van der Waals surface area contributed by atoms with Crippen LogP contribution in [0.15, 0.2) is 83.8 Å². The van der Waals surface area contributed by atoms with Crippen LogP contribution in [-0.4, -0.2) is 20.5 Å². The van der Waals surface area contributed by atoms with Gasteiger partial charge < -0.3 is 0 Å². The Labute approximate surface area is 159 Å². The highest BCUT2D eigenvalue weighted by molar-refractivity contribution is 7.90. The highest BCUT2D eigenvalue weighted by Crippen LogP contribution is 2.24. The van der Waals surface area contributed by atoms with E-state index in [1.807, 2.05) is 67.6 Å². The van der Waals surface area contributed by atoms with Crippen LogP contribution in [0.25, 0.3) is 11.6 Å². The second-order valence-electron chi connectivity index (χ2n) is 6.46. The van der Waals surface area contributed by atoms with Gasteiger partial charge in [-0.25, -0.2) is 8.42 Å². The van der Waals surface area contributed by atoms with E-state index >= 15 is 0 Å². The van der Waals surface area contributed by atoms with Crippen molar-refractivity contribution >= 4 is 27.3 Å². The third-order valence-electron chi connectivity index (χ3n) is 4.26. The minimum absolute atomic E-state index is 0.151. The summed E-state index contributed by atoms with van der Waals surface area (Å²) in [5.74, 6) is -0.151. The minimum atomic E-state index is -3.30. The van der Waals surface area contributed by atoms with Crippen LogP contribution in [0.3, 0.4) is 0 Å². The molecule has 4 heteroatoms. The number of carbonyl (C=O) groups excluding carboxylic acids is 1. The predicted molar refractivity (Wildman–Crippen MR) is 109 cm³/mol. The first-order valence-corrected chi connectivity index (χ1v) is 10.4. The lowest BCUT2D eigenvalue weighted by Gasteiger charge is -2.09. The molecule has 0 unspecified atom stereocenters. The van der Waals surface area contributed by atoms with Gasteiger partial charge in [-0.2, -0.15) is 0 Å². The Morgan fingerprint density at radius 2 is 1.37 bits per heavy atom. The Morgan fingerprint density at radius 3 is 1.93 bits per heavy atom. The molecule has 0 amide bonds. The zero-order chi connectivity index (χ0) is 19.4. The Balaban J connectivity index is 2.05. The number of ketones is 1. The van der Waals surface area contributed by atoms with Crippen LogP contribution in [0.5, 0.6) is 0 Å². The summed E-state index contributed by atoms with van der Waals surface area (Å²) in [7, 11) is -3.30. The second kappa shape index (κ2) is 7.72. The molecule has 0 atom stereocenters. The molecule has 0 aromatic heterocycles. The molecular weight excluding hydrogens is 356 g/mol. The van der Waals surface area contributed by atoms with Gasteiger partial charge in [0.1, 0.15) is 0 Å². The fraction of sp³-hybridized carbons (Fsp3) is 0.0870. The average molecular weight is 376 g/mol. The molecule has 0 N–H and O–H groups in total. The zero-order valence-electron chi connectivity index (χ0n) is 15.2. The third-order valence-corrected chi connectivity index (χ3v) is 5.39. The summed E-state index contributed by atoms with van der Waals surface area (Å²) in [5.41, 5.74) is 3.91. The number of hydrogen-bond donors (Lipinski definition) is 0. The van der Waals surface area contributed by atoms with Crippen LogP contribution < -0.4 is 0 Å². The molecule has 27 heavy (non-hydrogen) atoms. The fourth-order valence-electron chi connectivity index (χ4n) is 2.74. The van der Waals surface area contributed by atoms with E-state index in [2.05, 4.69) is 0 Å². The molecule has 0 fully saturated rings. The van der Waals surface area contributed by atoms with Crippen molar-refractivity contribution in [2.45, 2.75) is 11.8 Å². The van der Waals surface area contributed by atoms with Gasteiger partial charge in [-0.05, 0) is 48.4 Å². The van der Waals surface area contributed by atoms with E-state index in [0.29, 0.717) is 11.1 Å². The van der Waals surface area contributed by atoms with Crippen LogP contribution in [0.1, 0.15) is 27.0 Å². The Kier molecular flexibility index (Phi) is 5.38. The van der Waals surface area contributed by atoms with Gasteiger partial charge in [0.2, 0.25) is 0 Å². The average Bonchev–Trinajstić information content (AvgIpc) is 2.67. The maximum absolute atomic E-state index is 13.2. The number of hydrogen-bond acceptors (Lipinski definition) is 3. The van der Waals surface area contributed by atoms with E-state index in [1.54, 1.807) is 12.1 Å². The van der Waals surface area contributed by atoms with E-state index in [-0.39, 0.29) is 10.7 Å². The van der Waals surface area contributed by atoms with Crippen molar-refractivity contribution in [2.24, 2.45) is 0 Å². The summed E-state index contributed by atoms with van der Waals surface area (Å²) in [6.07, 6.45) is 3.01. The Bertz CT molecular complexity index is 1080. The first kappa shape index (κ1) is 18.8. The molecule has 0 saturated carbocycles. The minimum Gasteiger partial charge on any atom is -0.289 e. The smallest absolute Gasteiger partial charge is 0.193 e. The number of sulfone groups is 1. The van der Waals surface area contributed by atoms with Crippen LogP contribution >= 0.6 is 0 Å². The summed E-state index contributed by atoms with van der Waals surface area (Å²) < 4.78 is 23.3. The Morgan fingerprint density at radius 1 is 0.778 bits per heavy atom. The SMILES string of the molecule is Cc1ccc(/C=C(\C(=O)c2ccc(S(C)(=O)=O)cc2)c2ccccc2)cc1. The van der Waals surface area contributed by atoms with Crippen LogP contribution in [-0.2, 0) is 9.84 Å². The molecule has 0 aliphatic heterocycles. The highest BCUT2D eigenvalue weighted by Gasteiger charge is 2.16. The number of benzene rings is 3. The fourth-order valence-corrected chi connectivity index (χ4v) is 3.37. The van der Waals surface area contributed by atoms with Gasteiger partial charge in [0, 0.05) is 17.4 Å². The normalized spacial score (nSPS) is 12.0. The molecule has 3 nitrogen and oxygen atoms in total. The molecule has 136 valence electrons. The summed E-state index contributed by atoms with van der Waals surface area (Å²) in [6, 6.07) is 23.5. The monoisotopic (exact) mass is 376 g/mol. The van der Waals surface area contributed by atoms with Crippen molar-refractivity contribution < 1.29 is 13.2 Å². The van der Waals surface area contributed by atoms with E-state index in [0.717, 1.165) is 22.9 Å². The lowest BCUT2D eigenvalue weighted by atomic mass is 9.94. The molecule has 0 heterocycles. The van der Waals surface area contributed by atoms with Gasteiger partial charge in [0.25, 0.3) is 0 Å². The van der Waals surface area contributed by atoms with Gasteiger partial charge in [0.05, 0.1) is 4.90 Å². The third kappa shape index (κ3) is 4.60. The number of rotatable bonds is 5. The van der Waals surface area contributed by atoms with E-state index in [1.165, 1.54) is 12.1 Å². The van der Waals surface area contributed by atoms with Gasteiger partial charge in [-0.15, -0.1) is 0 Å². The van der Waals surface area contributed by atoms with Crippen molar-refractivity contribution in [3.05, 3.63) is 101 Å². The number of Topliss-reactive ketones (excluding diaryl/α,β-unsaturated/α-hetero) is 1. The Hall–Kier alpha value is -2.98. The second-order valence-corrected chi connectivity index (χ2v) is 8.48. The molecule has 0 aliphatic carbocycles. The van der Waals surface area contributed by atoms with Gasteiger partial charge in [-0.1, -0.05) is 60.2 Å². The first-order valence-electron chi connectivity index (χ1n) is 8.53. The van der Waals surface area contributed by atoms with Crippen molar-refractivity contribution in [1.82, 2.24) is 0 Å². The molecule has 3 aromatic carbocycles. The van der Waals surface area contributed by atoms with Crippen LogP contribution in [0.4, 0.5) is 0 Å². The van der Waals surface area contributed by atoms with Gasteiger partial charge in [-0.3, -0.25) is 4.79 Å². The lowest BCUT2D eigenvalue weighted by molar-refractivity contribution is 0.105. The predicted octanol–water partition coefficient (Wildman–Crippen LogP) is 4.82. The number of aryl methyl sites for hydroxylation is 1. The summed E-state index contributed by atoms with van der Waals surface area (Å²) >= 11 is 0. The van der Waals surface area contributed by atoms with Gasteiger partial charge >= 0.3 is 0 Å². The molecule has 0 aliphatic rings. The lowest BCUT2D eigenvalue weighted by Crippen LogP contribution is -2.04. The zero-order valence-corrected chi connectivity index (χ0v) is 16.0. The molecule has 0 saturated heterocycles. The summed E-state index contributed by atoms with van der Waals surface area (Å²) in [6.45, 7) is 2.01. The first-order chi connectivity index (χ1) is 12.8. The largest absolute Gasteiger partial charge is 0.289 e. The maximum Gasteiger partial charge on any atom is 0.193 e. The molecule has 0 radical (unpaired) electrons. The molecule has 3 aromatic rings. The van der Waals surface area contributed by atoms with E-state index < -0.39 is 9.84 Å².